The number of fused-ring (bicyclic) bond motifs is 1. The molecule has 5 rings (SSSR count). The summed E-state index contributed by atoms with van der Waals surface area (Å²) in [4.78, 5) is 14.6. The Bertz CT molecular complexity index is 1270. The van der Waals surface area contributed by atoms with E-state index in [1.54, 1.807) is 18.2 Å². The van der Waals surface area contributed by atoms with Crippen LogP contribution in [0, 0.1) is 12.8 Å². The number of carbonyl (C=O) groups excluding carboxylic acids is 1. The Balaban J connectivity index is 1.47. The summed E-state index contributed by atoms with van der Waals surface area (Å²) in [6.45, 7) is 2.61. The predicted octanol–water partition coefficient (Wildman–Crippen LogP) is 4.36. The summed E-state index contributed by atoms with van der Waals surface area (Å²) in [6, 6.07) is 22.0. The van der Waals surface area contributed by atoms with E-state index in [-0.39, 0.29) is 16.7 Å². The first-order valence-electron chi connectivity index (χ1n) is 11.0. The molecular formula is C26H26N2O3S. The topological polar surface area (TPSA) is 66.5 Å². The second kappa shape index (κ2) is 8.19. The Morgan fingerprint density at radius 2 is 1.72 bits per heavy atom. The lowest BCUT2D eigenvalue weighted by atomic mass is 9.96. The highest BCUT2D eigenvalue weighted by atomic mass is 32.2. The van der Waals surface area contributed by atoms with Crippen molar-refractivity contribution in [3.8, 4) is 0 Å². The molecule has 1 aliphatic carbocycles. The molecule has 164 valence electrons. The van der Waals surface area contributed by atoms with E-state index in [1.165, 1.54) is 0 Å². The first-order chi connectivity index (χ1) is 15.4. The van der Waals surface area contributed by atoms with Crippen LogP contribution < -0.4 is 9.62 Å². The molecule has 0 aromatic heterocycles. The van der Waals surface area contributed by atoms with Crippen molar-refractivity contribution in [2.24, 2.45) is 5.92 Å². The Morgan fingerprint density at radius 1 is 1.00 bits per heavy atom. The number of anilines is 1. The van der Waals surface area contributed by atoms with Crippen LogP contribution in [0.2, 0.25) is 0 Å². The van der Waals surface area contributed by atoms with Crippen molar-refractivity contribution < 1.29 is 13.2 Å². The lowest BCUT2D eigenvalue weighted by Crippen LogP contribution is -2.30. The second-order valence-corrected chi connectivity index (χ2v) is 10.3. The zero-order valence-electron chi connectivity index (χ0n) is 18.0. The minimum Gasteiger partial charge on any atom is -0.312 e. The third kappa shape index (κ3) is 3.96. The second-order valence-electron chi connectivity index (χ2n) is 8.63. The highest BCUT2D eigenvalue weighted by Gasteiger charge is 2.37. The number of rotatable bonds is 6. The fourth-order valence-electron chi connectivity index (χ4n) is 4.42. The van der Waals surface area contributed by atoms with Gasteiger partial charge in [0, 0.05) is 18.2 Å². The number of nitrogens with zero attached hydrogens (tertiary/aromatic N) is 1. The maximum Gasteiger partial charge on any atom is 0.241 e. The van der Waals surface area contributed by atoms with Crippen LogP contribution in [0.4, 0.5) is 5.69 Å². The number of amides is 1. The van der Waals surface area contributed by atoms with Crippen molar-refractivity contribution in [1.82, 2.24) is 4.72 Å². The van der Waals surface area contributed by atoms with Gasteiger partial charge < -0.3 is 4.90 Å². The van der Waals surface area contributed by atoms with E-state index in [0.717, 1.165) is 40.8 Å². The SMILES string of the molecule is Cc1ccccc1[C@@H](NS(=O)(=O)c1ccc2c(c1)CCN2C(=O)C1CC1)c1ccccc1. The predicted molar refractivity (Wildman–Crippen MR) is 125 cm³/mol. The molecule has 1 saturated carbocycles. The van der Waals surface area contributed by atoms with Crippen molar-refractivity contribution in [1.29, 1.82) is 0 Å². The molecule has 5 nitrogen and oxygen atoms in total. The van der Waals surface area contributed by atoms with Gasteiger partial charge in [-0.3, -0.25) is 4.79 Å². The molecule has 1 amide bonds. The molecule has 2 aliphatic rings. The van der Waals surface area contributed by atoms with Crippen molar-refractivity contribution >= 4 is 21.6 Å². The number of hydrogen-bond donors (Lipinski definition) is 1. The fourth-order valence-corrected chi connectivity index (χ4v) is 5.67. The average Bonchev–Trinajstić information content (AvgIpc) is 3.57. The zero-order valence-corrected chi connectivity index (χ0v) is 18.8. The number of nitrogens with one attached hydrogen (secondary N) is 1. The smallest absolute Gasteiger partial charge is 0.241 e. The molecule has 0 saturated heterocycles. The molecule has 3 aromatic carbocycles. The van der Waals surface area contributed by atoms with Gasteiger partial charge in [-0.15, -0.1) is 0 Å². The maximum absolute atomic E-state index is 13.4. The third-order valence-electron chi connectivity index (χ3n) is 6.35. The summed E-state index contributed by atoms with van der Waals surface area (Å²) in [6.07, 6.45) is 2.60. The van der Waals surface area contributed by atoms with Gasteiger partial charge in [-0.1, -0.05) is 54.6 Å². The molecule has 0 radical (unpaired) electrons. The molecule has 0 unspecified atom stereocenters. The quantitative estimate of drug-likeness (QED) is 0.612. The molecule has 1 atom stereocenters. The first-order valence-corrected chi connectivity index (χ1v) is 12.5. The average molecular weight is 447 g/mol. The normalized spacial score (nSPS) is 16.6. The van der Waals surface area contributed by atoms with Crippen LogP contribution in [-0.2, 0) is 21.2 Å². The Kier molecular flexibility index (Phi) is 5.35. The van der Waals surface area contributed by atoms with Gasteiger partial charge in [0.05, 0.1) is 10.9 Å². The minimum absolute atomic E-state index is 0.145. The van der Waals surface area contributed by atoms with E-state index in [9.17, 15) is 13.2 Å². The largest absolute Gasteiger partial charge is 0.312 e. The van der Waals surface area contributed by atoms with Crippen molar-refractivity contribution in [3.63, 3.8) is 0 Å². The minimum atomic E-state index is -3.79. The molecule has 1 N–H and O–H groups in total. The van der Waals surface area contributed by atoms with Gasteiger partial charge in [0.15, 0.2) is 0 Å². The molecule has 1 heterocycles. The summed E-state index contributed by atoms with van der Waals surface area (Å²) >= 11 is 0. The monoisotopic (exact) mass is 446 g/mol. The maximum atomic E-state index is 13.4. The Labute approximate surface area is 189 Å². The number of benzene rings is 3. The zero-order chi connectivity index (χ0) is 22.3. The summed E-state index contributed by atoms with van der Waals surface area (Å²) in [7, 11) is -3.79. The van der Waals surface area contributed by atoms with Crippen LogP contribution in [0.5, 0.6) is 0 Å². The van der Waals surface area contributed by atoms with Crippen molar-refractivity contribution in [2.75, 3.05) is 11.4 Å². The van der Waals surface area contributed by atoms with Gasteiger partial charge in [-0.2, -0.15) is 4.72 Å². The van der Waals surface area contributed by atoms with Gasteiger partial charge in [-0.05, 0) is 66.6 Å². The molecule has 0 spiro atoms. The van der Waals surface area contributed by atoms with E-state index >= 15 is 0 Å². The van der Waals surface area contributed by atoms with Gasteiger partial charge in [0.1, 0.15) is 0 Å². The Morgan fingerprint density at radius 3 is 2.44 bits per heavy atom. The molecule has 1 aliphatic heterocycles. The van der Waals surface area contributed by atoms with E-state index < -0.39 is 16.1 Å². The molecule has 1 fully saturated rings. The summed E-state index contributed by atoms with van der Waals surface area (Å²) < 4.78 is 29.8. The summed E-state index contributed by atoms with van der Waals surface area (Å²) in [5.74, 6) is 0.313. The number of hydrogen-bond acceptors (Lipinski definition) is 3. The fraction of sp³-hybridized carbons (Fsp3) is 0.269. The van der Waals surface area contributed by atoms with E-state index in [4.69, 9.17) is 0 Å². The highest BCUT2D eigenvalue weighted by molar-refractivity contribution is 7.89. The molecule has 3 aromatic rings. The van der Waals surface area contributed by atoms with E-state index in [2.05, 4.69) is 4.72 Å². The van der Waals surface area contributed by atoms with Crippen LogP contribution in [-0.4, -0.2) is 20.9 Å². The molecule has 6 heteroatoms. The lowest BCUT2D eigenvalue weighted by molar-refractivity contribution is -0.119. The summed E-state index contributed by atoms with van der Waals surface area (Å²) in [5.41, 5.74) is 4.58. The van der Waals surface area contributed by atoms with Crippen LogP contribution in [0.15, 0.2) is 77.7 Å². The Hall–Kier alpha value is -2.96. The lowest BCUT2D eigenvalue weighted by Gasteiger charge is -2.22. The number of carbonyl (C=O) groups is 1. The van der Waals surface area contributed by atoms with Crippen LogP contribution in [0.3, 0.4) is 0 Å². The van der Waals surface area contributed by atoms with Gasteiger partial charge >= 0.3 is 0 Å². The van der Waals surface area contributed by atoms with Gasteiger partial charge in [-0.25, -0.2) is 8.42 Å². The van der Waals surface area contributed by atoms with Crippen LogP contribution >= 0.6 is 0 Å². The standard InChI is InChI=1S/C26H26N2O3S/c1-18-7-5-6-10-23(18)25(19-8-3-2-4-9-19)27-32(30,31)22-13-14-24-21(17-22)15-16-28(24)26(29)20-11-12-20/h2-10,13-14,17,20,25,27H,11-12,15-16H2,1H3/t25-/m0/s1. The summed E-state index contributed by atoms with van der Waals surface area (Å²) in [5, 5.41) is 0. The number of sulfonamides is 1. The van der Waals surface area contributed by atoms with Crippen molar-refractivity contribution in [2.45, 2.75) is 37.1 Å². The van der Waals surface area contributed by atoms with Gasteiger partial charge in [0.25, 0.3) is 0 Å². The van der Waals surface area contributed by atoms with Crippen LogP contribution in [0.25, 0.3) is 0 Å². The third-order valence-corrected chi connectivity index (χ3v) is 7.78. The first kappa shape index (κ1) is 20.9. The van der Waals surface area contributed by atoms with Crippen molar-refractivity contribution in [3.05, 3.63) is 95.1 Å². The number of aryl methyl sites for hydroxylation is 1. The van der Waals surface area contributed by atoms with E-state index in [1.807, 2.05) is 66.4 Å². The molecule has 32 heavy (non-hydrogen) atoms. The highest BCUT2D eigenvalue weighted by Crippen LogP contribution is 2.37. The molecule has 0 bridgehead atoms. The van der Waals surface area contributed by atoms with Crippen LogP contribution in [0.1, 0.15) is 41.1 Å². The van der Waals surface area contributed by atoms with E-state index in [0.29, 0.717) is 13.0 Å². The molecular weight excluding hydrogens is 420 g/mol. The van der Waals surface area contributed by atoms with Gasteiger partial charge in [0.2, 0.25) is 15.9 Å².